The number of hydrogen-bond donors (Lipinski definition) is 1. The number of rotatable bonds is 8. The lowest BCUT2D eigenvalue weighted by Crippen LogP contribution is -2.28. The third kappa shape index (κ3) is 6.22. The maximum absolute atomic E-state index is 11.8. The molecule has 0 saturated carbocycles. The van der Waals surface area contributed by atoms with Crippen LogP contribution in [0.1, 0.15) is 22.5 Å². The van der Waals surface area contributed by atoms with Gasteiger partial charge in [0.1, 0.15) is 12.4 Å². The Hall–Kier alpha value is -1.56. The van der Waals surface area contributed by atoms with E-state index in [1.165, 1.54) is 11.3 Å². The molecule has 4 nitrogen and oxygen atoms in total. The average molecular weight is 372 g/mol. The number of hydrogen-bond acceptors (Lipinski definition) is 4. The highest BCUT2D eigenvalue weighted by molar-refractivity contribution is 7.18. The van der Waals surface area contributed by atoms with Gasteiger partial charge in [-0.1, -0.05) is 23.2 Å². The van der Waals surface area contributed by atoms with Crippen molar-refractivity contribution in [2.24, 2.45) is 0 Å². The number of Topliss-reactive ketones (excluding diaryl/α,β-unsaturated/α-hetero) is 1. The number of carbonyl (C=O) groups excluding carboxylic acids is 2. The van der Waals surface area contributed by atoms with Crippen LogP contribution < -0.4 is 10.1 Å². The molecule has 0 radical (unpaired) electrons. The molecule has 7 heteroatoms. The molecule has 1 aromatic heterocycles. The summed E-state index contributed by atoms with van der Waals surface area (Å²) in [6, 6.07) is 10.3. The zero-order chi connectivity index (χ0) is 16.7. The van der Waals surface area contributed by atoms with Crippen LogP contribution in [0.3, 0.4) is 0 Å². The fourth-order valence-corrected chi connectivity index (χ4v) is 2.93. The van der Waals surface area contributed by atoms with Gasteiger partial charge in [0.25, 0.3) is 0 Å². The van der Waals surface area contributed by atoms with Crippen LogP contribution in [0.25, 0.3) is 0 Å². The standard InChI is InChI=1S/C16H15Cl2NO3S/c17-11-1-3-12(4-2-11)22-10-9-19-16(21)8-5-13(20)14-6-7-15(18)23-14/h1-4,6-7H,5,8-10H2,(H,19,21). The average Bonchev–Trinajstić information content (AvgIpc) is 2.97. The Morgan fingerprint density at radius 3 is 2.43 bits per heavy atom. The molecule has 0 fully saturated rings. The normalized spacial score (nSPS) is 10.3. The molecule has 122 valence electrons. The first-order valence-corrected chi connectivity index (χ1v) is 8.55. The molecule has 1 heterocycles. The Morgan fingerprint density at radius 2 is 1.78 bits per heavy atom. The summed E-state index contributed by atoms with van der Waals surface area (Å²) < 4.78 is 6.02. The van der Waals surface area contributed by atoms with Gasteiger partial charge < -0.3 is 10.1 Å². The van der Waals surface area contributed by atoms with Crippen LogP contribution in [0.15, 0.2) is 36.4 Å². The highest BCUT2D eigenvalue weighted by Crippen LogP contribution is 2.22. The molecule has 0 aliphatic carbocycles. The van der Waals surface area contributed by atoms with Gasteiger partial charge in [-0.25, -0.2) is 0 Å². The third-order valence-electron chi connectivity index (χ3n) is 2.93. The number of carbonyl (C=O) groups is 2. The minimum absolute atomic E-state index is 0.0746. The predicted octanol–water partition coefficient (Wildman–Crippen LogP) is 4.21. The van der Waals surface area contributed by atoms with Gasteiger partial charge >= 0.3 is 0 Å². The molecule has 0 atom stereocenters. The number of nitrogens with one attached hydrogen (secondary N) is 1. The molecule has 0 unspecified atom stereocenters. The molecule has 1 amide bonds. The first-order chi connectivity index (χ1) is 11.0. The Morgan fingerprint density at radius 1 is 1.04 bits per heavy atom. The highest BCUT2D eigenvalue weighted by Gasteiger charge is 2.11. The number of thiophene rings is 1. The van der Waals surface area contributed by atoms with Gasteiger partial charge in [0.05, 0.1) is 15.8 Å². The number of benzene rings is 1. The van der Waals surface area contributed by atoms with Crippen LogP contribution in [0.5, 0.6) is 5.75 Å². The Kier molecular flexibility index (Phi) is 6.89. The van der Waals surface area contributed by atoms with Crippen LogP contribution in [0.2, 0.25) is 9.36 Å². The highest BCUT2D eigenvalue weighted by atomic mass is 35.5. The van der Waals surface area contributed by atoms with Crippen molar-refractivity contribution in [1.82, 2.24) is 5.32 Å². The Bertz CT molecular complexity index is 670. The van der Waals surface area contributed by atoms with E-state index in [1.807, 2.05) is 0 Å². The van der Waals surface area contributed by atoms with Crippen molar-refractivity contribution in [3.63, 3.8) is 0 Å². The monoisotopic (exact) mass is 371 g/mol. The Labute approximate surface area is 148 Å². The van der Waals surface area contributed by atoms with Crippen LogP contribution in [-0.2, 0) is 4.79 Å². The summed E-state index contributed by atoms with van der Waals surface area (Å²) in [6.45, 7) is 0.725. The van der Waals surface area contributed by atoms with Crippen molar-refractivity contribution in [2.45, 2.75) is 12.8 Å². The molecule has 2 aromatic rings. The number of halogens is 2. The first-order valence-electron chi connectivity index (χ1n) is 6.98. The smallest absolute Gasteiger partial charge is 0.220 e. The van der Waals surface area contributed by atoms with Crippen LogP contribution in [-0.4, -0.2) is 24.8 Å². The topological polar surface area (TPSA) is 55.4 Å². The molecular weight excluding hydrogens is 357 g/mol. The second-order valence-corrected chi connectivity index (χ2v) is 6.83. The summed E-state index contributed by atoms with van der Waals surface area (Å²) in [5.41, 5.74) is 0. The lowest BCUT2D eigenvalue weighted by Gasteiger charge is -2.07. The lowest BCUT2D eigenvalue weighted by molar-refractivity contribution is -0.121. The van der Waals surface area contributed by atoms with E-state index in [4.69, 9.17) is 27.9 Å². The summed E-state index contributed by atoms with van der Waals surface area (Å²) in [4.78, 5) is 24.1. The summed E-state index contributed by atoms with van der Waals surface area (Å²) in [5, 5.41) is 3.35. The largest absolute Gasteiger partial charge is 0.492 e. The first kappa shape index (κ1) is 17.8. The minimum atomic E-state index is -0.180. The van der Waals surface area contributed by atoms with E-state index >= 15 is 0 Å². The van der Waals surface area contributed by atoms with Gasteiger partial charge in [0.15, 0.2) is 5.78 Å². The molecule has 0 aliphatic heterocycles. The van der Waals surface area contributed by atoms with Gasteiger partial charge in [0.2, 0.25) is 5.91 Å². The minimum Gasteiger partial charge on any atom is -0.492 e. The summed E-state index contributed by atoms with van der Waals surface area (Å²) >= 11 is 12.8. The van der Waals surface area contributed by atoms with Crippen molar-refractivity contribution in [3.05, 3.63) is 50.6 Å². The summed E-state index contributed by atoms with van der Waals surface area (Å²) in [7, 11) is 0. The van der Waals surface area contributed by atoms with Crippen molar-refractivity contribution >= 4 is 46.2 Å². The van der Waals surface area contributed by atoms with E-state index in [0.717, 1.165) is 0 Å². The molecule has 0 spiro atoms. The van der Waals surface area contributed by atoms with E-state index in [2.05, 4.69) is 5.32 Å². The molecule has 0 bridgehead atoms. The van der Waals surface area contributed by atoms with Gasteiger partial charge in [-0.2, -0.15) is 0 Å². The fraction of sp³-hybridized carbons (Fsp3) is 0.250. The van der Waals surface area contributed by atoms with Crippen molar-refractivity contribution < 1.29 is 14.3 Å². The molecule has 23 heavy (non-hydrogen) atoms. The van der Waals surface area contributed by atoms with Gasteiger partial charge in [0, 0.05) is 17.9 Å². The second-order valence-electron chi connectivity index (χ2n) is 4.68. The van der Waals surface area contributed by atoms with E-state index in [-0.39, 0.29) is 24.5 Å². The second kappa shape index (κ2) is 8.91. The number of ether oxygens (including phenoxy) is 1. The van der Waals surface area contributed by atoms with Gasteiger partial charge in [-0.3, -0.25) is 9.59 Å². The van der Waals surface area contributed by atoms with Gasteiger partial charge in [-0.15, -0.1) is 11.3 Å². The van der Waals surface area contributed by atoms with Crippen molar-refractivity contribution in [2.75, 3.05) is 13.2 Å². The number of amides is 1. The molecule has 1 aromatic carbocycles. The predicted molar refractivity (Wildman–Crippen MR) is 92.9 cm³/mol. The van der Waals surface area contributed by atoms with Gasteiger partial charge in [-0.05, 0) is 36.4 Å². The number of ketones is 1. The molecular formula is C16H15Cl2NO3S. The quantitative estimate of drug-likeness (QED) is 0.558. The molecule has 0 saturated heterocycles. The Balaban J connectivity index is 1.61. The van der Waals surface area contributed by atoms with Crippen LogP contribution >= 0.6 is 34.5 Å². The molecule has 2 rings (SSSR count). The lowest BCUT2D eigenvalue weighted by atomic mass is 10.2. The van der Waals surface area contributed by atoms with E-state index in [1.54, 1.807) is 36.4 Å². The van der Waals surface area contributed by atoms with Crippen molar-refractivity contribution in [3.8, 4) is 5.75 Å². The summed E-state index contributed by atoms with van der Waals surface area (Å²) in [5.74, 6) is 0.434. The zero-order valence-corrected chi connectivity index (χ0v) is 14.5. The SMILES string of the molecule is O=C(CCC(=O)c1ccc(Cl)s1)NCCOc1ccc(Cl)cc1. The molecule has 1 N–H and O–H groups in total. The molecule has 0 aliphatic rings. The third-order valence-corrected chi connectivity index (χ3v) is 4.46. The van der Waals surface area contributed by atoms with Crippen LogP contribution in [0, 0.1) is 0 Å². The van der Waals surface area contributed by atoms with Crippen LogP contribution in [0.4, 0.5) is 0 Å². The maximum Gasteiger partial charge on any atom is 0.220 e. The van der Waals surface area contributed by atoms with E-state index in [9.17, 15) is 9.59 Å². The summed E-state index contributed by atoms with van der Waals surface area (Å²) in [6.07, 6.45) is 0.315. The van der Waals surface area contributed by atoms with E-state index in [0.29, 0.717) is 33.1 Å². The van der Waals surface area contributed by atoms with E-state index < -0.39 is 0 Å². The van der Waals surface area contributed by atoms with Crippen molar-refractivity contribution in [1.29, 1.82) is 0 Å². The fourth-order valence-electron chi connectivity index (χ4n) is 1.79. The maximum atomic E-state index is 11.8. The zero-order valence-electron chi connectivity index (χ0n) is 12.2.